The summed E-state index contributed by atoms with van der Waals surface area (Å²) < 4.78 is 29.1. The fourth-order valence-corrected chi connectivity index (χ4v) is 4.42. The fraction of sp³-hybridized carbons (Fsp3) is 0. The van der Waals surface area contributed by atoms with E-state index < -0.39 is 15.9 Å². The van der Waals surface area contributed by atoms with Crippen LogP contribution in [-0.2, 0) is 10.0 Å². The molecule has 4 aromatic carbocycles. The predicted molar refractivity (Wildman–Crippen MR) is 128 cm³/mol. The smallest absolute Gasteiger partial charge is 0.295 e. The van der Waals surface area contributed by atoms with Crippen LogP contribution in [0.3, 0.4) is 0 Å². The van der Waals surface area contributed by atoms with Crippen LogP contribution in [0.5, 0.6) is 11.5 Å². The van der Waals surface area contributed by atoms with Crippen molar-refractivity contribution in [2.24, 2.45) is 10.2 Å². The Morgan fingerprint density at radius 1 is 0.879 bits per heavy atom. The van der Waals surface area contributed by atoms with Crippen molar-refractivity contribution in [1.29, 1.82) is 0 Å². The van der Waals surface area contributed by atoms with Crippen molar-refractivity contribution in [2.75, 3.05) is 4.72 Å². The number of carbonyl (C=O) groups is 1. The van der Waals surface area contributed by atoms with E-state index in [1.54, 1.807) is 36.4 Å². The van der Waals surface area contributed by atoms with E-state index in [0.29, 0.717) is 10.8 Å². The maximum Gasteiger partial charge on any atom is 0.295 e. The third-order valence-corrected chi connectivity index (χ3v) is 6.64. The lowest BCUT2D eigenvalue weighted by Gasteiger charge is -2.13. The highest BCUT2D eigenvalue weighted by molar-refractivity contribution is 9.10. The minimum Gasteiger partial charge on any atom is -0.508 e. The van der Waals surface area contributed by atoms with E-state index in [2.05, 4.69) is 30.9 Å². The van der Waals surface area contributed by atoms with Crippen molar-refractivity contribution in [3.05, 3.63) is 88.9 Å². The Labute approximate surface area is 197 Å². The molecule has 0 radical (unpaired) electrons. The van der Waals surface area contributed by atoms with Crippen molar-refractivity contribution >= 4 is 54.0 Å². The molecule has 3 N–H and O–H groups in total. The zero-order valence-corrected chi connectivity index (χ0v) is 19.2. The van der Waals surface area contributed by atoms with Gasteiger partial charge in [0.15, 0.2) is 5.75 Å². The monoisotopic (exact) mass is 525 g/mol. The third kappa shape index (κ3) is 4.86. The molecule has 0 aromatic heterocycles. The molecule has 0 saturated heterocycles. The van der Waals surface area contributed by atoms with Gasteiger partial charge < -0.3 is 10.2 Å². The third-order valence-electron chi connectivity index (χ3n) is 4.73. The summed E-state index contributed by atoms with van der Waals surface area (Å²) in [6.07, 6.45) is 0. The van der Waals surface area contributed by atoms with Crippen LogP contribution in [0.2, 0.25) is 0 Å². The van der Waals surface area contributed by atoms with Gasteiger partial charge in [0.25, 0.3) is 15.9 Å². The summed E-state index contributed by atoms with van der Waals surface area (Å²) in [6, 6.07) is 19.5. The first-order valence-electron chi connectivity index (χ1n) is 9.53. The van der Waals surface area contributed by atoms with E-state index in [1.165, 1.54) is 42.5 Å². The fourth-order valence-electron chi connectivity index (χ4n) is 3.08. The lowest BCUT2D eigenvalue weighted by Crippen LogP contribution is -2.13. The lowest BCUT2D eigenvalue weighted by atomic mass is 10.1. The van der Waals surface area contributed by atoms with Crippen molar-refractivity contribution in [3.63, 3.8) is 0 Å². The number of halogens is 1. The first kappa shape index (κ1) is 22.4. The Morgan fingerprint density at radius 2 is 1.52 bits per heavy atom. The highest BCUT2D eigenvalue weighted by Gasteiger charge is 2.18. The number of phenolic OH excluding ortho intramolecular Hbond substituents is 2. The molecule has 0 fully saturated rings. The van der Waals surface area contributed by atoms with E-state index in [0.717, 1.165) is 4.47 Å². The van der Waals surface area contributed by atoms with Gasteiger partial charge in [0.1, 0.15) is 11.4 Å². The quantitative estimate of drug-likeness (QED) is 0.226. The van der Waals surface area contributed by atoms with Crippen molar-refractivity contribution in [1.82, 2.24) is 0 Å². The molecule has 4 rings (SSSR count). The number of azo groups is 1. The molecule has 0 aliphatic rings. The molecule has 0 aliphatic carbocycles. The number of hydrogen-bond acceptors (Lipinski definition) is 6. The van der Waals surface area contributed by atoms with Gasteiger partial charge in [-0.1, -0.05) is 40.2 Å². The molecule has 0 atom stereocenters. The molecule has 0 bridgehead atoms. The van der Waals surface area contributed by atoms with Gasteiger partial charge in [0, 0.05) is 20.8 Å². The van der Waals surface area contributed by atoms with E-state index in [9.17, 15) is 23.4 Å². The van der Waals surface area contributed by atoms with Gasteiger partial charge >= 0.3 is 0 Å². The number of phenols is 2. The Balaban J connectivity index is 1.74. The van der Waals surface area contributed by atoms with Gasteiger partial charge in [0.2, 0.25) is 0 Å². The number of benzene rings is 4. The Kier molecular flexibility index (Phi) is 6.12. The minimum atomic E-state index is -3.94. The largest absolute Gasteiger partial charge is 0.508 e. The summed E-state index contributed by atoms with van der Waals surface area (Å²) in [5, 5.41) is 28.3. The van der Waals surface area contributed by atoms with Crippen LogP contribution in [0.4, 0.5) is 11.4 Å². The second-order valence-electron chi connectivity index (χ2n) is 6.95. The average Bonchev–Trinajstić information content (AvgIpc) is 2.80. The highest BCUT2D eigenvalue weighted by atomic mass is 79.9. The van der Waals surface area contributed by atoms with E-state index in [1.807, 2.05) is 0 Å². The van der Waals surface area contributed by atoms with Crippen LogP contribution >= 0.6 is 15.9 Å². The number of hydrogen-bond donors (Lipinski definition) is 3. The molecule has 0 heterocycles. The lowest BCUT2D eigenvalue weighted by molar-refractivity contribution is 0.0995. The molecule has 4 aromatic rings. The number of amides is 1. The molecule has 0 unspecified atom stereocenters. The van der Waals surface area contributed by atoms with Crippen LogP contribution in [0.15, 0.2) is 98.5 Å². The normalized spacial score (nSPS) is 11.7. The zero-order chi connectivity index (χ0) is 23.6. The molecule has 0 spiro atoms. The SMILES string of the molecule is O=C(N=Nc1cc(NS(=O)(=O)c2ccc(Br)cc2)c2ccccc2c1O)c1ccc(O)cc1. The van der Waals surface area contributed by atoms with Crippen LogP contribution in [0, 0.1) is 0 Å². The van der Waals surface area contributed by atoms with Crippen LogP contribution < -0.4 is 4.72 Å². The second kappa shape index (κ2) is 9.00. The Hall–Kier alpha value is -3.76. The number of carbonyl (C=O) groups excluding carboxylic acids is 1. The average molecular weight is 526 g/mol. The standard InChI is InChI=1S/C23H16BrN3O5S/c24-15-7-11-17(12-8-15)33(31,32)27-20-13-21(22(29)19-4-2-1-3-18(19)20)25-26-23(30)14-5-9-16(28)10-6-14/h1-13,27-29H. The van der Waals surface area contributed by atoms with Crippen molar-refractivity contribution < 1.29 is 23.4 Å². The number of sulfonamides is 1. The zero-order valence-electron chi connectivity index (χ0n) is 16.8. The van der Waals surface area contributed by atoms with Gasteiger partial charge in [-0.05, 0) is 54.6 Å². The molecular weight excluding hydrogens is 510 g/mol. The molecule has 1 amide bonds. The molecule has 33 heavy (non-hydrogen) atoms. The summed E-state index contributed by atoms with van der Waals surface area (Å²) in [7, 11) is -3.94. The Bertz CT molecular complexity index is 1490. The summed E-state index contributed by atoms with van der Waals surface area (Å²) in [6.45, 7) is 0. The number of anilines is 1. The molecular formula is C23H16BrN3O5S. The second-order valence-corrected chi connectivity index (χ2v) is 9.55. The first-order valence-corrected chi connectivity index (χ1v) is 11.8. The topological polar surface area (TPSA) is 128 Å². The van der Waals surface area contributed by atoms with E-state index in [-0.39, 0.29) is 33.3 Å². The molecule has 8 nitrogen and oxygen atoms in total. The highest BCUT2D eigenvalue weighted by Crippen LogP contribution is 2.40. The first-order chi connectivity index (χ1) is 15.7. The molecule has 10 heteroatoms. The number of aromatic hydroxyl groups is 2. The van der Waals surface area contributed by atoms with Gasteiger partial charge in [-0.2, -0.15) is 0 Å². The van der Waals surface area contributed by atoms with Crippen LogP contribution in [0.25, 0.3) is 10.8 Å². The maximum absolute atomic E-state index is 12.9. The maximum atomic E-state index is 12.9. The minimum absolute atomic E-state index is 0.00152. The summed E-state index contributed by atoms with van der Waals surface area (Å²) in [5.41, 5.74) is 0.264. The van der Waals surface area contributed by atoms with Crippen molar-refractivity contribution in [2.45, 2.75) is 4.90 Å². The Morgan fingerprint density at radius 3 is 2.18 bits per heavy atom. The molecule has 166 valence electrons. The summed E-state index contributed by atoms with van der Waals surface area (Å²) in [5.74, 6) is -0.947. The number of nitrogens with zero attached hydrogens (tertiary/aromatic N) is 2. The van der Waals surface area contributed by atoms with Gasteiger partial charge in [-0.25, -0.2) is 8.42 Å². The van der Waals surface area contributed by atoms with Gasteiger partial charge in [-0.15, -0.1) is 10.2 Å². The van der Waals surface area contributed by atoms with Crippen LogP contribution in [-0.4, -0.2) is 24.5 Å². The number of rotatable bonds is 5. The van der Waals surface area contributed by atoms with E-state index in [4.69, 9.17) is 0 Å². The van der Waals surface area contributed by atoms with E-state index >= 15 is 0 Å². The summed E-state index contributed by atoms with van der Waals surface area (Å²) >= 11 is 3.27. The van der Waals surface area contributed by atoms with Gasteiger partial charge in [-0.3, -0.25) is 9.52 Å². The molecule has 0 aliphatic heterocycles. The van der Waals surface area contributed by atoms with Crippen molar-refractivity contribution in [3.8, 4) is 11.5 Å². The molecule has 0 saturated carbocycles. The van der Waals surface area contributed by atoms with Crippen LogP contribution in [0.1, 0.15) is 10.4 Å². The summed E-state index contributed by atoms with van der Waals surface area (Å²) in [4.78, 5) is 12.3. The van der Waals surface area contributed by atoms with Gasteiger partial charge in [0.05, 0.1) is 10.6 Å². The predicted octanol–water partition coefficient (Wildman–Crippen LogP) is 5.74. The number of fused-ring (bicyclic) bond motifs is 1. The number of nitrogens with one attached hydrogen (secondary N) is 1.